The molecule has 1 aromatic carbocycles. The minimum absolute atomic E-state index is 0.0539. The number of benzene rings is 1. The molecule has 1 atom stereocenters. The van der Waals surface area contributed by atoms with E-state index in [1.165, 1.54) is 18.2 Å². The Morgan fingerprint density at radius 2 is 2.09 bits per heavy atom. The molecule has 0 bridgehead atoms. The van der Waals surface area contributed by atoms with E-state index in [0.29, 0.717) is 18.0 Å². The Labute approximate surface area is 135 Å². The average Bonchev–Trinajstić information content (AvgIpc) is 2.45. The summed E-state index contributed by atoms with van der Waals surface area (Å²) in [6.45, 7) is 4.66. The Hall–Kier alpha value is -1.66. The summed E-state index contributed by atoms with van der Waals surface area (Å²) in [4.78, 5) is 23.9. The number of carbonyl (C=O) groups excluding carboxylic acids is 1. The highest BCUT2D eigenvalue weighted by atomic mass is 35.5. The molecular formula is C15H22ClN3O3. The topological polar surface area (TPSA) is 89.5 Å². The number of amides is 1. The summed E-state index contributed by atoms with van der Waals surface area (Å²) < 4.78 is 0. The van der Waals surface area contributed by atoms with Crippen LogP contribution in [0.3, 0.4) is 0 Å². The van der Waals surface area contributed by atoms with Crippen molar-refractivity contribution in [2.24, 2.45) is 11.7 Å². The van der Waals surface area contributed by atoms with Gasteiger partial charge in [-0.2, -0.15) is 0 Å². The minimum Gasteiger partial charge on any atom is -0.345 e. The third-order valence-corrected chi connectivity index (χ3v) is 4.02. The Morgan fingerprint density at radius 3 is 2.59 bits per heavy atom. The van der Waals surface area contributed by atoms with Crippen LogP contribution in [0.25, 0.3) is 0 Å². The van der Waals surface area contributed by atoms with Crippen LogP contribution < -0.4 is 5.73 Å². The first kappa shape index (κ1) is 18.4. The van der Waals surface area contributed by atoms with Crippen molar-refractivity contribution in [3.63, 3.8) is 0 Å². The van der Waals surface area contributed by atoms with Gasteiger partial charge in [0, 0.05) is 31.8 Å². The summed E-state index contributed by atoms with van der Waals surface area (Å²) >= 11 is 6.00. The van der Waals surface area contributed by atoms with Crippen LogP contribution in [0, 0.1) is 16.0 Å². The van der Waals surface area contributed by atoms with Gasteiger partial charge in [-0.3, -0.25) is 14.9 Å². The van der Waals surface area contributed by atoms with Crippen LogP contribution in [-0.2, 0) is 11.2 Å². The lowest BCUT2D eigenvalue weighted by atomic mass is 10.0. The smallest absolute Gasteiger partial charge is 0.270 e. The lowest BCUT2D eigenvalue weighted by molar-refractivity contribution is -0.384. The van der Waals surface area contributed by atoms with Crippen molar-refractivity contribution in [1.29, 1.82) is 0 Å². The molecule has 2 N–H and O–H groups in total. The van der Waals surface area contributed by atoms with E-state index in [1.54, 1.807) is 11.9 Å². The second-order valence-corrected chi connectivity index (χ2v) is 6.13. The predicted octanol–water partition coefficient (Wildman–Crippen LogP) is 2.62. The number of non-ortho nitro benzene ring substituents is 1. The van der Waals surface area contributed by atoms with Crippen molar-refractivity contribution in [1.82, 2.24) is 4.90 Å². The van der Waals surface area contributed by atoms with E-state index < -0.39 is 4.92 Å². The highest BCUT2D eigenvalue weighted by Gasteiger charge is 2.16. The molecule has 0 radical (unpaired) electrons. The molecule has 0 spiro atoms. The summed E-state index contributed by atoms with van der Waals surface area (Å²) in [5.74, 6) is 0.277. The molecule has 0 aliphatic heterocycles. The van der Waals surface area contributed by atoms with Crippen molar-refractivity contribution in [2.75, 3.05) is 13.6 Å². The quantitative estimate of drug-likeness (QED) is 0.615. The van der Waals surface area contributed by atoms with Crippen LogP contribution >= 0.6 is 11.6 Å². The molecule has 0 aliphatic carbocycles. The molecule has 7 heteroatoms. The number of nitro benzene ring substituents is 1. The van der Waals surface area contributed by atoms with E-state index >= 15 is 0 Å². The van der Waals surface area contributed by atoms with Crippen molar-refractivity contribution in [3.8, 4) is 0 Å². The highest BCUT2D eigenvalue weighted by molar-refractivity contribution is 6.31. The summed E-state index contributed by atoms with van der Waals surface area (Å²) in [5, 5.41) is 10.9. The van der Waals surface area contributed by atoms with Gasteiger partial charge in [-0.25, -0.2) is 0 Å². The molecule has 1 aromatic rings. The monoisotopic (exact) mass is 327 g/mol. The van der Waals surface area contributed by atoms with Crippen molar-refractivity contribution in [3.05, 3.63) is 38.9 Å². The van der Waals surface area contributed by atoms with Gasteiger partial charge in [0.1, 0.15) is 0 Å². The largest absolute Gasteiger partial charge is 0.345 e. The Balaban J connectivity index is 2.62. The van der Waals surface area contributed by atoms with Crippen molar-refractivity contribution in [2.45, 2.75) is 32.7 Å². The zero-order valence-electron chi connectivity index (χ0n) is 13.1. The molecule has 0 saturated carbocycles. The molecule has 0 fully saturated rings. The van der Waals surface area contributed by atoms with Crippen LogP contribution in [0.4, 0.5) is 5.69 Å². The van der Waals surface area contributed by atoms with Crippen LogP contribution in [0.15, 0.2) is 18.2 Å². The summed E-state index contributed by atoms with van der Waals surface area (Å²) in [6, 6.07) is 4.19. The number of nitrogens with two attached hydrogens (primary N) is 1. The van der Waals surface area contributed by atoms with Crippen molar-refractivity contribution < 1.29 is 9.72 Å². The van der Waals surface area contributed by atoms with Gasteiger partial charge in [0.25, 0.3) is 5.69 Å². The fourth-order valence-electron chi connectivity index (χ4n) is 1.89. The fourth-order valence-corrected chi connectivity index (χ4v) is 2.13. The molecule has 22 heavy (non-hydrogen) atoms. The first-order valence-electron chi connectivity index (χ1n) is 7.14. The number of halogens is 1. The summed E-state index contributed by atoms with van der Waals surface area (Å²) in [5.41, 5.74) is 6.46. The van der Waals surface area contributed by atoms with Crippen LogP contribution in [0.1, 0.15) is 25.8 Å². The number of nitrogens with zero attached hydrogens (tertiary/aromatic N) is 2. The normalized spacial score (nSPS) is 12.3. The molecule has 1 amide bonds. The number of carbonyl (C=O) groups is 1. The minimum atomic E-state index is -0.517. The van der Waals surface area contributed by atoms with Crippen molar-refractivity contribution >= 4 is 23.2 Å². The molecule has 1 rings (SSSR count). The van der Waals surface area contributed by atoms with Gasteiger partial charge in [0.2, 0.25) is 5.91 Å². The lowest BCUT2D eigenvalue weighted by Crippen LogP contribution is -2.35. The van der Waals surface area contributed by atoms with Crippen LogP contribution in [0.2, 0.25) is 5.02 Å². The number of nitro groups is 1. The number of likely N-dealkylation sites (N-methyl/N-ethyl adjacent to an activating group) is 1. The van der Waals surface area contributed by atoms with E-state index in [1.807, 2.05) is 13.8 Å². The SMILES string of the molecule is CC(C)C(N)CCN(C)C(=O)Cc1ccc([N+](=O)[O-])cc1Cl. The molecule has 122 valence electrons. The highest BCUT2D eigenvalue weighted by Crippen LogP contribution is 2.23. The second-order valence-electron chi connectivity index (χ2n) is 5.72. The van der Waals surface area contributed by atoms with Gasteiger partial charge >= 0.3 is 0 Å². The van der Waals surface area contributed by atoms with Gasteiger partial charge in [-0.05, 0) is 17.9 Å². The first-order valence-corrected chi connectivity index (χ1v) is 7.52. The van der Waals surface area contributed by atoms with Crippen LogP contribution in [-0.4, -0.2) is 35.4 Å². The molecule has 0 heterocycles. The zero-order valence-corrected chi connectivity index (χ0v) is 13.8. The van der Waals surface area contributed by atoms with E-state index in [2.05, 4.69) is 0 Å². The fraction of sp³-hybridized carbons (Fsp3) is 0.533. The Bertz CT molecular complexity index is 549. The van der Waals surface area contributed by atoms with E-state index in [0.717, 1.165) is 6.42 Å². The van der Waals surface area contributed by atoms with Crippen LogP contribution in [0.5, 0.6) is 0 Å². The maximum absolute atomic E-state index is 12.2. The van der Waals surface area contributed by atoms with Gasteiger partial charge < -0.3 is 10.6 Å². The number of hydrogen-bond donors (Lipinski definition) is 1. The maximum atomic E-state index is 12.2. The van der Waals surface area contributed by atoms with E-state index in [4.69, 9.17) is 17.3 Å². The standard InChI is InChI=1S/C15H22ClN3O3/c1-10(2)14(17)6-7-18(3)15(20)8-11-4-5-12(19(21)22)9-13(11)16/h4-5,9-10,14H,6-8,17H2,1-3H3. The molecular weight excluding hydrogens is 306 g/mol. The zero-order chi connectivity index (χ0) is 16.9. The molecule has 1 unspecified atom stereocenters. The number of hydrogen-bond acceptors (Lipinski definition) is 4. The van der Waals surface area contributed by atoms with E-state index in [-0.39, 0.29) is 29.1 Å². The first-order chi connectivity index (χ1) is 10.2. The predicted molar refractivity (Wildman–Crippen MR) is 86.9 cm³/mol. The van der Waals surface area contributed by atoms with E-state index in [9.17, 15) is 14.9 Å². The molecule has 0 saturated heterocycles. The molecule has 0 aromatic heterocycles. The Kier molecular flexibility index (Phi) is 6.77. The van der Waals surface area contributed by atoms with Gasteiger partial charge in [-0.15, -0.1) is 0 Å². The van der Waals surface area contributed by atoms with Gasteiger partial charge in [0.15, 0.2) is 0 Å². The third kappa shape index (κ3) is 5.27. The second kappa shape index (κ2) is 8.10. The lowest BCUT2D eigenvalue weighted by Gasteiger charge is -2.21. The molecule has 0 aliphatic rings. The van der Waals surface area contributed by atoms with Gasteiger partial charge in [-0.1, -0.05) is 31.5 Å². The Morgan fingerprint density at radius 1 is 1.45 bits per heavy atom. The molecule has 6 nitrogen and oxygen atoms in total. The summed E-state index contributed by atoms with van der Waals surface area (Å²) in [6.07, 6.45) is 0.845. The maximum Gasteiger partial charge on any atom is 0.270 e. The number of rotatable bonds is 7. The van der Waals surface area contributed by atoms with Gasteiger partial charge in [0.05, 0.1) is 16.4 Å². The summed E-state index contributed by atoms with van der Waals surface area (Å²) in [7, 11) is 1.72. The average molecular weight is 328 g/mol. The third-order valence-electron chi connectivity index (χ3n) is 3.67.